The molecular formula is C11H12N2O. The third-order valence-electron chi connectivity index (χ3n) is 2.07. The summed E-state index contributed by atoms with van der Waals surface area (Å²) in [6, 6.07) is 7.69. The summed E-state index contributed by atoms with van der Waals surface area (Å²) in [6.07, 6.45) is 3.77. The Morgan fingerprint density at radius 3 is 2.93 bits per heavy atom. The van der Waals surface area contributed by atoms with E-state index in [1.54, 1.807) is 4.68 Å². The highest BCUT2D eigenvalue weighted by Gasteiger charge is 1.98. The van der Waals surface area contributed by atoms with Crippen LogP contribution in [0.25, 0.3) is 5.69 Å². The van der Waals surface area contributed by atoms with E-state index in [0.29, 0.717) is 0 Å². The Balaban J connectivity index is 2.41. The Labute approximate surface area is 82.6 Å². The normalized spacial score (nSPS) is 10.4. The predicted octanol–water partition coefficient (Wildman–Crippen LogP) is 1.67. The van der Waals surface area contributed by atoms with Crippen LogP contribution in [0.4, 0.5) is 0 Å². The van der Waals surface area contributed by atoms with E-state index in [2.05, 4.69) is 5.10 Å². The smallest absolute Gasteiger partial charge is 0.0682 e. The zero-order valence-electron chi connectivity index (χ0n) is 8.01. The third-order valence-corrected chi connectivity index (χ3v) is 2.07. The van der Waals surface area contributed by atoms with E-state index in [4.69, 9.17) is 5.11 Å². The Morgan fingerprint density at radius 1 is 1.43 bits per heavy atom. The minimum absolute atomic E-state index is 0.0636. The molecule has 0 spiro atoms. The Bertz CT molecular complexity index is 434. The van der Waals surface area contributed by atoms with Crippen LogP contribution in [0.1, 0.15) is 11.1 Å². The molecule has 0 aliphatic rings. The molecule has 3 heteroatoms. The maximum atomic E-state index is 8.98. The molecule has 0 fully saturated rings. The molecule has 72 valence electrons. The van der Waals surface area contributed by atoms with Crippen LogP contribution in [0, 0.1) is 6.92 Å². The molecule has 2 rings (SSSR count). The average molecular weight is 188 g/mol. The fourth-order valence-electron chi connectivity index (χ4n) is 1.35. The van der Waals surface area contributed by atoms with E-state index in [0.717, 1.165) is 16.8 Å². The Morgan fingerprint density at radius 2 is 2.29 bits per heavy atom. The lowest BCUT2D eigenvalue weighted by atomic mass is 10.2. The molecule has 0 aliphatic carbocycles. The quantitative estimate of drug-likeness (QED) is 0.778. The first-order chi connectivity index (χ1) is 6.79. The molecule has 0 aliphatic heterocycles. The summed E-state index contributed by atoms with van der Waals surface area (Å²) in [6.45, 7) is 2.06. The number of hydrogen-bond donors (Lipinski definition) is 1. The van der Waals surface area contributed by atoms with Gasteiger partial charge in [-0.2, -0.15) is 5.10 Å². The van der Waals surface area contributed by atoms with E-state index < -0.39 is 0 Å². The van der Waals surface area contributed by atoms with Crippen LogP contribution in [-0.2, 0) is 6.61 Å². The molecule has 0 saturated heterocycles. The summed E-state index contributed by atoms with van der Waals surface area (Å²) in [5.74, 6) is 0. The van der Waals surface area contributed by atoms with Crippen molar-refractivity contribution >= 4 is 0 Å². The van der Waals surface area contributed by atoms with E-state index in [9.17, 15) is 0 Å². The van der Waals surface area contributed by atoms with Crippen LogP contribution in [0.5, 0.6) is 0 Å². The molecule has 0 unspecified atom stereocenters. The lowest BCUT2D eigenvalue weighted by molar-refractivity contribution is 0.282. The fraction of sp³-hybridized carbons (Fsp3) is 0.182. The third kappa shape index (κ3) is 1.67. The minimum atomic E-state index is 0.0636. The molecule has 0 radical (unpaired) electrons. The molecule has 1 aromatic carbocycles. The number of aromatic nitrogens is 2. The van der Waals surface area contributed by atoms with Crippen molar-refractivity contribution in [2.75, 3.05) is 0 Å². The van der Waals surface area contributed by atoms with Gasteiger partial charge in [0.05, 0.1) is 18.5 Å². The molecular weight excluding hydrogens is 176 g/mol. The van der Waals surface area contributed by atoms with E-state index in [1.165, 1.54) is 0 Å². The van der Waals surface area contributed by atoms with Crippen LogP contribution < -0.4 is 0 Å². The average Bonchev–Trinajstić information content (AvgIpc) is 2.65. The van der Waals surface area contributed by atoms with Gasteiger partial charge in [0.1, 0.15) is 0 Å². The van der Waals surface area contributed by atoms with E-state index in [-0.39, 0.29) is 6.61 Å². The second-order valence-electron chi connectivity index (χ2n) is 3.29. The molecule has 0 amide bonds. The van der Waals surface area contributed by atoms with Gasteiger partial charge in [0.2, 0.25) is 0 Å². The zero-order chi connectivity index (χ0) is 9.97. The van der Waals surface area contributed by atoms with Gasteiger partial charge < -0.3 is 5.11 Å². The van der Waals surface area contributed by atoms with Gasteiger partial charge in [-0.1, -0.05) is 12.1 Å². The number of rotatable bonds is 2. The van der Waals surface area contributed by atoms with Crippen molar-refractivity contribution in [3.05, 3.63) is 47.8 Å². The van der Waals surface area contributed by atoms with Gasteiger partial charge in [0, 0.05) is 6.20 Å². The second kappa shape index (κ2) is 3.64. The lowest BCUT2D eigenvalue weighted by Crippen LogP contribution is -1.95. The van der Waals surface area contributed by atoms with Gasteiger partial charge >= 0.3 is 0 Å². The van der Waals surface area contributed by atoms with Gasteiger partial charge in [0.15, 0.2) is 0 Å². The van der Waals surface area contributed by atoms with Crippen molar-refractivity contribution < 1.29 is 5.11 Å². The first-order valence-corrected chi connectivity index (χ1v) is 4.51. The lowest BCUT2D eigenvalue weighted by Gasteiger charge is -2.02. The summed E-state index contributed by atoms with van der Waals surface area (Å²) in [7, 11) is 0. The Hall–Kier alpha value is -1.61. The summed E-state index contributed by atoms with van der Waals surface area (Å²) in [4.78, 5) is 0. The summed E-state index contributed by atoms with van der Waals surface area (Å²) in [5.41, 5.74) is 3.00. The number of aliphatic hydroxyl groups excluding tert-OH is 1. The van der Waals surface area contributed by atoms with Crippen molar-refractivity contribution in [1.82, 2.24) is 9.78 Å². The largest absolute Gasteiger partial charge is 0.392 e. The summed E-state index contributed by atoms with van der Waals surface area (Å²) in [5, 5.41) is 13.2. The molecule has 0 saturated carbocycles. The number of nitrogens with zero attached hydrogens (tertiary/aromatic N) is 2. The van der Waals surface area contributed by atoms with E-state index >= 15 is 0 Å². The molecule has 2 aromatic rings. The molecule has 0 atom stereocenters. The van der Waals surface area contributed by atoms with Crippen LogP contribution in [0.3, 0.4) is 0 Å². The molecule has 1 N–H and O–H groups in total. The van der Waals surface area contributed by atoms with Crippen LogP contribution in [0.2, 0.25) is 0 Å². The van der Waals surface area contributed by atoms with Crippen molar-refractivity contribution in [2.24, 2.45) is 0 Å². The summed E-state index contributed by atoms with van der Waals surface area (Å²) < 4.78 is 1.80. The van der Waals surface area contributed by atoms with Gasteiger partial charge in [-0.15, -0.1) is 0 Å². The number of aliphatic hydroxyl groups is 1. The topological polar surface area (TPSA) is 38.0 Å². The number of hydrogen-bond acceptors (Lipinski definition) is 2. The highest BCUT2D eigenvalue weighted by molar-refractivity contribution is 5.35. The fourth-order valence-corrected chi connectivity index (χ4v) is 1.35. The second-order valence-corrected chi connectivity index (χ2v) is 3.29. The highest BCUT2D eigenvalue weighted by Crippen LogP contribution is 2.10. The van der Waals surface area contributed by atoms with Crippen molar-refractivity contribution in [2.45, 2.75) is 13.5 Å². The van der Waals surface area contributed by atoms with Gasteiger partial charge in [0.25, 0.3) is 0 Å². The van der Waals surface area contributed by atoms with Gasteiger partial charge in [-0.05, 0) is 30.2 Å². The standard InChI is InChI=1S/C11H12N2O/c1-9-6-12-13(7-9)11-4-2-3-10(5-11)8-14/h2-7,14H,8H2,1H3. The predicted molar refractivity (Wildman–Crippen MR) is 54.2 cm³/mol. The number of aryl methyl sites for hydroxylation is 1. The Kier molecular flexibility index (Phi) is 2.33. The maximum Gasteiger partial charge on any atom is 0.0682 e. The van der Waals surface area contributed by atoms with E-state index in [1.807, 2.05) is 43.6 Å². The minimum Gasteiger partial charge on any atom is -0.392 e. The van der Waals surface area contributed by atoms with Gasteiger partial charge in [-0.3, -0.25) is 0 Å². The molecule has 0 bridgehead atoms. The SMILES string of the molecule is Cc1cnn(-c2cccc(CO)c2)c1. The van der Waals surface area contributed by atoms with Crippen molar-refractivity contribution in [1.29, 1.82) is 0 Å². The van der Waals surface area contributed by atoms with Crippen LogP contribution in [-0.4, -0.2) is 14.9 Å². The molecule has 14 heavy (non-hydrogen) atoms. The van der Waals surface area contributed by atoms with Crippen molar-refractivity contribution in [3.63, 3.8) is 0 Å². The highest BCUT2D eigenvalue weighted by atomic mass is 16.3. The molecule has 3 nitrogen and oxygen atoms in total. The van der Waals surface area contributed by atoms with Crippen molar-refractivity contribution in [3.8, 4) is 5.69 Å². The number of benzene rings is 1. The molecule has 1 heterocycles. The first-order valence-electron chi connectivity index (χ1n) is 4.51. The van der Waals surface area contributed by atoms with Crippen LogP contribution >= 0.6 is 0 Å². The molecule has 1 aromatic heterocycles. The zero-order valence-corrected chi connectivity index (χ0v) is 8.01. The maximum absolute atomic E-state index is 8.98. The van der Waals surface area contributed by atoms with Gasteiger partial charge in [-0.25, -0.2) is 4.68 Å². The first kappa shape index (κ1) is 8.97. The van der Waals surface area contributed by atoms with Crippen LogP contribution in [0.15, 0.2) is 36.7 Å². The summed E-state index contributed by atoms with van der Waals surface area (Å²) >= 11 is 0. The monoisotopic (exact) mass is 188 g/mol.